The lowest BCUT2D eigenvalue weighted by atomic mass is 10.1. The lowest BCUT2D eigenvalue weighted by molar-refractivity contribution is 0.114. The van der Waals surface area contributed by atoms with Gasteiger partial charge in [-0.05, 0) is 25.3 Å². The van der Waals surface area contributed by atoms with Crippen molar-refractivity contribution in [1.82, 2.24) is 5.32 Å². The molecule has 1 heterocycles. The van der Waals surface area contributed by atoms with E-state index >= 15 is 0 Å². The van der Waals surface area contributed by atoms with Gasteiger partial charge in [-0.1, -0.05) is 0 Å². The first-order valence-corrected chi connectivity index (χ1v) is 3.24. The van der Waals surface area contributed by atoms with Crippen LogP contribution >= 0.6 is 0 Å². The van der Waals surface area contributed by atoms with E-state index in [9.17, 15) is 5.11 Å². The van der Waals surface area contributed by atoms with Crippen LogP contribution in [-0.4, -0.2) is 23.8 Å². The van der Waals surface area contributed by atoms with E-state index in [0.29, 0.717) is 5.92 Å². The lowest BCUT2D eigenvalue weighted by Gasteiger charge is -2.16. The summed E-state index contributed by atoms with van der Waals surface area (Å²) in [7, 11) is 0. The normalized spacial score (nSPS) is 52.9. The standard InChI is InChI=1S/C6H11NO/c8-6-3-5(6)1-2-7-4-6/h5,7-8H,1-4H2/t5-,6-/m1/s1. The second kappa shape index (κ2) is 1.25. The molecule has 0 aromatic heterocycles. The molecule has 1 saturated heterocycles. The molecule has 0 aromatic carbocycles. The zero-order valence-corrected chi connectivity index (χ0v) is 4.85. The van der Waals surface area contributed by atoms with Crippen molar-refractivity contribution in [2.45, 2.75) is 18.4 Å². The van der Waals surface area contributed by atoms with E-state index in [1.165, 1.54) is 6.42 Å². The van der Waals surface area contributed by atoms with Crippen molar-refractivity contribution in [2.24, 2.45) is 5.92 Å². The van der Waals surface area contributed by atoms with Gasteiger partial charge in [0.15, 0.2) is 0 Å². The Bertz CT molecular complexity index is 113. The first-order valence-electron chi connectivity index (χ1n) is 3.24. The van der Waals surface area contributed by atoms with Gasteiger partial charge in [-0.2, -0.15) is 0 Å². The summed E-state index contributed by atoms with van der Waals surface area (Å²) in [5.41, 5.74) is -0.266. The van der Waals surface area contributed by atoms with Gasteiger partial charge in [0.1, 0.15) is 0 Å². The largest absolute Gasteiger partial charge is 0.388 e. The van der Waals surface area contributed by atoms with Crippen molar-refractivity contribution in [3.63, 3.8) is 0 Å². The smallest absolute Gasteiger partial charge is 0.0804 e. The van der Waals surface area contributed by atoms with Crippen LogP contribution in [0.5, 0.6) is 0 Å². The summed E-state index contributed by atoms with van der Waals surface area (Å²) in [4.78, 5) is 0. The molecule has 46 valence electrons. The molecule has 8 heavy (non-hydrogen) atoms. The Morgan fingerprint density at radius 1 is 1.62 bits per heavy atom. The Morgan fingerprint density at radius 3 is 3.00 bits per heavy atom. The van der Waals surface area contributed by atoms with Crippen LogP contribution < -0.4 is 5.32 Å². The van der Waals surface area contributed by atoms with Crippen molar-refractivity contribution < 1.29 is 5.11 Å². The van der Waals surface area contributed by atoms with Gasteiger partial charge in [0.05, 0.1) is 5.60 Å². The predicted molar refractivity (Wildman–Crippen MR) is 30.5 cm³/mol. The lowest BCUT2D eigenvalue weighted by Crippen LogP contribution is -2.35. The number of rotatable bonds is 0. The van der Waals surface area contributed by atoms with Gasteiger partial charge < -0.3 is 10.4 Å². The molecule has 2 aliphatic rings. The maximum absolute atomic E-state index is 9.39. The van der Waals surface area contributed by atoms with Crippen LogP contribution in [-0.2, 0) is 0 Å². The summed E-state index contributed by atoms with van der Waals surface area (Å²) < 4.78 is 0. The molecule has 1 aliphatic heterocycles. The van der Waals surface area contributed by atoms with Gasteiger partial charge in [-0.3, -0.25) is 0 Å². The third-order valence-corrected chi connectivity index (χ3v) is 2.30. The van der Waals surface area contributed by atoms with Gasteiger partial charge in [0, 0.05) is 6.54 Å². The minimum Gasteiger partial charge on any atom is -0.388 e. The van der Waals surface area contributed by atoms with Crippen molar-refractivity contribution in [1.29, 1.82) is 0 Å². The Hall–Kier alpha value is -0.0800. The zero-order valence-electron chi connectivity index (χ0n) is 4.85. The van der Waals surface area contributed by atoms with Gasteiger partial charge >= 0.3 is 0 Å². The molecular formula is C6H11NO. The fraction of sp³-hybridized carbons (Fsp3) is 1.00. The molecule has 0 aromatic rings. The number of hydrogen-bond donors (Lipinski definition) is 2. The summed E-state index contributed by atoms with van der Waals surface area (Å²) in [6.07, 6.45) is 2.22. The second-order valence-corrected chi connectivity index (χ2v) is 2.97. The van der Waals surface area contributed by atoms with Crippen LogP contribution in [0.3, 0.4) is 0 Å². The van der Waals surface area contributed by atoms with Crippen molar-refractivity contribution in [3.05, 3.63) is 0 Å². The van der Waals surface area contributed by atoms with Crippen LogP contribution in [0.4, 0.5) is 0 Å². The molecule has 0 spiro atoms. The highest BCUT2D eigenvalue weighted by Gasteiger charge is 2.53. The first kappa shape index (κ1) is 4.77. The maximum Gasteiger partial charge on any atom is 0.0804 e. The Morgan fingerprint density at radius 2 is 2.50 bits per heavy atom. The molecule has 1 aliphatic carbocycles. The van der Waals surface area contributed by atoms with E-state index in [1.54, 1.807) is 0 Å². The van der Waals surface area contributed by atoms with Gasteiger partial charge in [0.2, 0.25) is 0 Å². The number of β-amino-alcohol motifs (C(OH)–C–C–N with tert-alkyl or cyclic N) is 1. The topological polar surface area (TPSA) is 32.3 Å². The van der Waals surface area contributed by atoms with Crippen LogP contribution in [0.1, 0.15) is 12.8 Å². The fourth-order valence-electron chi connectivity index (χ4n) is 1.54. The van der Waals surface area contributed by atoms with Gasteiger partial charge in [-0.25, -0.2) is 0 Å². The number of fused-ring (bicyclic) bond motifs is 1. The quantitative estimate of drug-likeness (QED) is 0.453. The molecule has 2 nitrogen and oxygen atoms in total. The molecule has 0 amide bonds. The highest BCUT2D eigenvalue weighted by atomic mass is 16.3. The van der Waals surface area contributed by atoms with Gasteiger partial charge in [0.25, 0.3) is 0 Å². The third kappa shape index (κ3) is 0.501. The fourth-order valence-corrected chi connectivity index (χ4v) is 1.54. The van der Waals surface area contributed by atoms with E-state index in [-0.39, 0.29) is 5.60 Å². The highest BCUT2D eigenvalue weighted by Crippen LogP contribution is 2.46. The molecular weight excluding hydrogens is 102 g/mol. The maximum atomic E-state index is 9.39. The summed E-state index contributed by atoms with van der Waals surface area (Å²) in [6, 6.07) is 0. The minimum absolute atomic E-state index is 0.266. The van der Waals surface area contributed by atoms with Crippen LogP contribution in [0.25, 0.3) is 0 Å². The first-order chi connectivity index (χ1) is 3.81. The Balaban J connectivity index is 2.04. The second-order valence-electron chi connectivity index (χ2n) is 2.97. The molecule has 2 N–H and O–H groups in total. The van der Waals surface area contributed by atoms with Crippen LogP contribution in [0.2, 0.25) is 0 Å². The van der Waals surface area contributed by atoms with Crippen LogP contribution in [0, 0.1) is 5.92 Å². The van der Waals surface area contributed by atoms with Crippen molar-refractivity contribution in [3.8, 4) is 0 Å². The average Bonchev–Trinajstić information content (AvgIpc) is 2.39. The molecule has 2 fully saturated rings. The molecule has 1 saturated carbocycles. The predicted octanol–water partition coefficient (Wildman–Crippen LogP) is -0.269. The highest BCUT2D eigenvalue weighted by molar-refractivity contribution is 5.07. The zero-order chi connectivity index (χ0) is 5.61. The number of piperidine rings is 1. The molecule has 2 heteroatoms. The monoisotopic (exact) mass is 113 g/mol. The molecule has 0 radical (unpaired) electrons. The van der Waals surface area contributed by atoms with E-state index in [0.717, 1.165) is 19.5 Å². The van der Waals surface area contributed by atoms with Crippen molar-refractivity contribution in [2.75, 3.05) is 13.1 Å². The molecule has 2 rings (SSSR count). The van der Waals surface area contributed by atoms with Gasteiger partial charge in [-0.15, -0.1) is 0 Å². The van der Waals surface area contributed by atoms with Crippen molar-refractivity contribution >= 4 is 0 Å². The Kier molecular flexibility index (Phi) is 0.746. The van der Waals surface area contributed by atoms with E-state index in [4.69, 9.17) is 0 Å². The summed E-state index contributed by atoms with van der Waals surface area (Å²) in [6.45, 7) is 1.94. The number of aliphatic hydroxyl groups is 1. The summed E-state index contributed by atoms with van der Waals surface area (Å²) in [5.74, 6) is 0.642. The van der Waals surface area contributed by atoms with Crippen LogP contribution in [0.15, 0.2) is 0 Å². The minimum atomic E-state index is -0.266. The van der Waals surface area contributed by atoms with E-state index in [1.807, 2.05) is 0 Å². The van der Waals surface area contributed by atoms with E-state index < -0.39 is 0 Å². The molecule has 0 bridgehead atoms. The molecule has 0 unspecified atom stereocenters. The SMILES string of the molecule is O[C@]12CNCC[C@@H]1C2. The number of nitrogens with one attached hydrogen (secondary N) is 1. The summed E-state index contributed by atoms with van der Waals surface area (Å²) in [5, 5.41) is 12.6. The third-order valence-electron chi connectivity index (χ3n) is 2.30. The number of hydrogen-bond acceptors (Lipinski definition) is 2. The Labute approximate surface area is 48.9 Å². The average molecular weight is 113 g/mol. The van der Waals surface area contributed by atoms with E-state index in [2.05, 4.69) is 5.32 Å². The molecule has 2 atom stereocenters. The summed E-state index contributed by atoms with van der Waals surface area (Å²) >= 11 is 0.